The summed E-state index contributed by atoms with van der Waals surface area (Å²) in [5.74, 6) is 2.45. The van der Waals surface area contributed by atoms with Crippen molar-refractivity contribution < 1.29 is 17.9 Å². The summed E-state index contributed by atoms with van der Waals surface area (Å²) in [6, 6.07) is 6.09. The van der Waals surface area contributed by atoms with Crippen LogP contribution >= 0.6 is 0 Å². The predicted octanol–water partition coefficient (Wildman–Crippen LogP) is 2.86. The molecule has 1 saturated carbocycles. The van der Waals surface area contributed by atoms with E-state index in [2.05, 4.69) is 22.7 Å². The van der Waals surface area contributed by atoms with Crippen LogP contribution < -0.4 is 25.2 Å². The molecule has 32 heavy (non-hydrogen) atoms. The smallest absolute Gasteiger partial charge is 0.217 e. The molecule has 1 aliphatic carbocycles. The molecule has 0 atom stereocenters. The van der Waals surface area contributed by atoms with Gasteiger partial charge in [0.1, 0.15) is 19.0 Å². The van der Waals surface area contributed by atoms with Crippen LogP contribution in [-0.4, -0.2) is 40.5 Å². The van der Waals surface area contributed by atoms with E-state index in [-0.39, 0.29) is 5.75 Å². The fourth-order valence-corrected chi connectivity index (χ4v) is 5.21. The standard InChI is InChI=1S/C24H35N3O4S/c1-2-3-4-5-22(25)18-32(28,29)27-17-20-8-6-19(7-9-20)15-26-16-21-10-11-23-24(14-21)31-13-12-30-23/h2-5,10-11,14,19-20,26-27H,1,6-9,12-13,15-18,25H2/b4-3-,22-5+. The molecular weight excluding hydrogens is 426 g/mol. The Hall–Kier alpha value is -2.29. The maximum Gasteiger partial charge on any atom is 0.217 e. The first kappa shape index (κ1) is 24.4. The third-order valence-corrected chi connectivity index (χ3v) is 7.16. The maximum absolute atomic E-state index is 12.2. The molecular formula is C24H35N3O4S. The SMILES string of the molecule is C=C/C=C\C=C(\N)CS(=O)(=O)NCC1CCC(CNCc2ccc3c(c2)OCCO3)CC1. The van der Waals surface area contributed by atoms with Gasteiger partial charge < -0.3 is 20.5 Å². The Balaban J connectivity index is 1.33. The lowest BCUT2D eigenvalue weighted by atomic mass is 9.82. The van der Waals surface area contributed by atoms with E-state index in [0.717, 1.165) is 50.3 Å². The van der Waals surface area contributed by atoms with Gasteiger partial charge in [-0.25, -0.2) is 13.1 Å². The average molecular weight is 462 g/mol. The Bertz CT molecular complexity index is 919. The first-order chi connectivity index (χ1) is 15.4. The second-order valence-electron chi connectivity index (χ2n) is 8.47. The molecule has 1 fully saturated rings. The molecule has 1 aromatic rings. The molecule has 176 valence electrons. The highest BCUT2D eigenvalue weighted by atomic mass is 32.2. The zero-order chi connectivity index (χ0) is 22.8. The van der Waals surface area contributed by atoms with Crippen LogP contribution in [0.4, 0.5) is 0 Å². The zero-order valence-corrected chi connectivity index (χ0v) is 19.4. The fourth-order valence-electron chi connectivity index (χ4n) is 4.08. The van der Waals surface area contributed by atoms with E-state index in [9.17, 15) is 8.42 Å². The van der Waals surface area contributed by atoms with Crippen LogP contribution in [0.25, 0.3) is 0 Å². The number of ether oxygens (including phenoxy) is 2. The van der Waals surface area contributed by atoms with Crippen molar-refractivity contribution >= 4 is 10.0 Å². The molecule has 0 saturated heterocycles. The normalized spacial score (nSPS) is 21.6. The maximum atomic E-state index is 12.2. The van der Waals surface area contributed by atoms with Crippen LogP contribution in [0.3, 0.4) is 0 Å². The summed E-state index contributed by atoms with van der Waals surface area (Å²) in [7, 11) is -3.42. The second-order valence-corrected chi connectivity index (χ2v) is 10.3. The molecule has 1 heterocycles. The summed E-state index contributed by atoms with van der Waals surface area (Å²) >= 11 is 0. The van der Waals surface area contributed by atoms with Crippen LogP contribution in [0, 0.1) is 11.8 Å². The van der Waals surface area contributed by atoms with Crippen LogP contribution in [-0.2, 0) is 16.6 Å². The molecule has 1 aliphatic heterocycles. The van der Waals surface area contributed by atoms with Crippen LogP contribution in [0.15, 0.2) is 54.8 Å². The van der Waals surface area contributed by atoms with Gasteiger partial charge in [-0.15, -0.1) is 0 Å². The van der Waals surface area contributed by atoms with Gasteiger partial charge in [0, 0.05) is 18.8 Å². The summed E-state index contributed by atoms with van der Waals surface area (Å²) in [6.07, 6.45) is 10.9. The largest absolute Gasteiger partial charge is 0.486 e. The van der Waals surface area contributed by atoms with Crippen molar-refractivity contribution in [3.8, 4) is 11.5 Å². The van der Waals surface area contributed by atoms with Gasteiger partial charge in [-0.1, -0.05) is 30.9 Å². The number of nitrogens with one attached hydrogen (secondary N) is 2. The number of rotatable bonds is 11. The van der Waals surface area contributed by atoms with Gasteiger partial charge >= 0.3 is 0 Å². The van der Waals surface area contributed by atoms with E-state index in [1.807, 2.05) is 12.1 Å². The van der Waals surface area contributed by atoms with Crippen molar-refractivity contribution in [2.45, 2.75) is 32.2 Å². The molecule has 0 bridgehead atoms. The van der Waals surface area contributed by atoms with E-state index < -0.39 is 10.0 Å². The molecule has 1 aromatic carbocycles. The van der Waals surface area contributed by atoms with Gasteiger partial charge in [0.15, 0.2) is 11.5 Å². The summed E-state index contributed by atoms with van der Waals surface area (Å²) in [5.41, 5.74) is 7.28. The average Bonchev–Trinajstić information content (AvgIpc) is 2.78. The number of sulfonamides is 1. The summed E-state index contributed by atoms with van der Waals surface area (Å²) in [6.45, 7) is 7.01. The quantitative estimate of drug-likeness (QED) is 0.438. The van der Waals surface area contributed by atoms with Crippen molar-refractivity contribution in [2.24, 2.45) is 17.6 Å². The lowest BCUT2D eigenvalue weighted by Gasteiger charge is -2.29. The van der Waals surface area contributed by atoms with Crippen molar-refractivity contribution in [2.75, 3.05) is 32.1 Å². The van der Waals surface area contributed by atoms with E-state index in [1.165, 1.54) is 5.56 Å². The molecule has 0 radical (unpaired) electrons. The summed E-state index contributed by atoms with van der Waals surface area (Å²) in [4.78, 5) is 0. The lowest BCUT2D eigenvalue weighted by molar-refractivity contribution is 0.171. The molecule has 2 aliphatic rings. The Labute approximate surface area is 191 Å². The van der Waals surface area contributed by atoms with Gasteiger partial charge in [-0.3, -0.25) is 0 Å². The van der Waals surface area contributed by atoms with E-state index in [4.69, 9.17) is 15.2 Å². The van der Waals surface area contributed by atoms with Gasteiger partial charge in [0.05, 0.1) is 0 Å². The van der Waals surface area contributed by atoms with Crippen molar-refractivity contribution in [1.29, 1.82) is 0 Å². The van der Waals surface area contributed by atoms with E-state index >= 15 is 0 Å². The number of allylic oxidation sites excluding steroid dienone is 4. The molecule has 0 aromatic heterocycles. The zero-order valence-electron chi connectivity index (χ0n) is 18.6. The Morgan fingerprint density at radius 1 is 1.06 bits per heavy atom. The molecule has 8 heteroatoms. The number of hydrogen-bond donors (Lipinski definition) is 3. The first-order valence-corrected chi connectivity index (χ1v) is 12.9. The Morgan fingerprint density at radius 2 is 1.75 bits per heavy atom. The Kier molecular flexibility index (Phi) is 9.20. The van der Waals surface area contributed by atoms with Crippen molar-refractivity contribution in [3.63, 3.8) is 0 Å². The number of fused-ring (bicyclic) bond motifs is 1. The van der Waals surface area contributed by atoms with E-state index in [0.29, 0.717) is 37.3 Å². The van der Waals surface area contributed by atoms with Crippen LogP contribution in [0.2, 0.25) is 0 Å². The minimum Gasteiger partial charge on any atom is -0.486 e. The van der Waals surface area contributed by atoms with Gasteiger partial charge in [-0.2, -0.15) is 0 Å². The number of benzene rings is 1. The minimum absolute atomic E-state index is 0.187. The lowest BCUT2D eigenvalue weighted by Crippen LogP contribution is -2.35. The highest BCUT2D eigenvalue weighted by Crippen LogP contribution is 2.31. The molecule has 0 unspecified atom stereocenters. The third kappa shape index (κ3) is 8.00. The van der Waals surface area contributed by atoms with Gasteiger partial charge in [0.25, 0.3) is 0 Å². The highest BCUT2D eigenvalue weighted by molar-refractivity contribution is 7.89. The molecule has 0 amide bonds. The van der Waals surface area contributed by atoms with Gasteiger partial charge in [0.2, 0.25) is 10.0 Å². The highest BCUT2D eigenvalue weighted by Gasteiger charge is 2.23. The van der Waals surface area contributed by atoms with Crippen LogP contribution in [0.1, 0.15) is 31.2 Å². The Morgan fingerprint density at radius 3 is 2.47 bits per heavy atom. The van der Waals surface area contributed by atoms with Crippen molar-refractivity contribution in [3.05, 3.63) is 60.3 Å². The third-order valence-electron chi connectivity index (χ3n) is 5.84. The molecule has 4 N–H and O–H groups in total. The van der Waals surface area contributed by atoms with Crippen LogP contribution in [0.5, 0.6) is 11.5 Å². The monoisotopic (exact) mass is 461 g/mol. The minimum atomic E-state index is -3.42. The molecule has 0 spiro atoms. The number of nitrogens with two attached hydrogens (primary N) is 1. The summed E-state index contributed by atoms with van der Waals surface area (Å²) < 4.78 is 38.4. The molecule has 3 rings (SSSR count). The summed E-state index contributed by atoms with van der Waals surface area (Å²) in [5, 5.41) is 3.55. The first-order valence-electron chi connectivity index (χ1n) is 11.3. The number of hydrogen-bond acceptors (Lipinski definition) is 6. The fraction of sp³-hybridized carbons (Fsp3) is 0.500. The topological polar surface area (TPSA) is 103 Å². The molecule has 7 nitrogen and oxygen atoms in total. The predicted molar refractivity (Wildman–Crippen MR) is 128 cm³/mol. The van der Waals surface area contributed by atoms with E-state index in [1.54, 1.807) is 24.3 Å². The second kappa shape index (κ2) is 12.1. The van der Waals surface area contributed by atoms with Gasteiger partial charge in [-0.05, 0) is 67.8 Å². The van der Waals surface area contributed by atoms with Crippen molar-refractivity contribution in [1.82, 2.24) is 10.0 Å².